The molecule has 3 atom stereocenters. The lowest BCUT2D eigenvalue weighted by atomic mass is 9.61. The summed E-state index contributed by atoms with van der Waals surface area (Å²) in [6.07, 6.45) is 2.09. The van der Waals surface area contributed by atoms with Crippen molar-refractivity contribution in [2.75, 3.05) is 0 Å². The largest absolute Gasteiger partial charge is 0.481 e. The highest BCUT2D eigenvalue weighted by Gasteiger charge is 2.46. The molecule has 1 saturated carbocycles. The quantitative estimate of drug-likeness (QED) is 0.693. The lowest BCUT2D eigenvalue weighted by Gasteiger charge is -2.45. The van der Waals surface area contributed by atoms with E-state index in [1.807, 2.05) is 20.8 Å². The molecule has 0 aromatic rings. The van der Waals surface area contributed by atoms with E-state index < -0.39 is 5.97 Å². The molecule has 0 heterocycles. The second kappa shape index (κ2) is 4.21. The molecular formula is C11H19NO3. The molecule has 4 nitrogen and oxygen atoms in total. The van der Waals surface area contributed by atoms with Crippen LogP contribution in [0, 0.1) is 17.3 Å². The molecule has 1 aliphatic carbocycles. The Morgan fingerprint density at radius 3 is 2.53 bits per heavy atom. The average molecular weight is 213 g/mol. The minimum Gasteiger partial charge on any atom is -0.481 e. The van der Waals surface area contributed by atoms with Crippen molar-refractivity contribution >= 4 is 12.4 Å². The monoisotopic (exact) mass is 213 g/mol. The minimum absolute atomic E-state index is 0.105. The number of hydrogen-bond acceptors (Lipinski definition) is 2. The number of nitrogens with one attached hydrogen (secondary N) is 1. The van der Waals surface area contributed by atoms with Crippen LogP contribution < -0.4 is 5.32 Å². The van der Waals surface area contributed by atoms with Crippen molar-refractivity contribution in [1.82, 2.24) is 5.32 Å². The minimum atomic E-state index is -0.726. The molecule has 15 heavy (non-hydrogen) atoms. The van der Waals surface area contributed by atoms with E-state index in [4.69, 9.17) is 5.11 Å². The van der Waals surface area contributed by atoms with Crippen molar-refractivity contribution in [2.24, 2.45) is 17.3 Å². The van der Waals surface area contributed by atoms with Crippen molar-refractivity contribution in [3.8, 4) is 0 Å². The fraction of sp³-hybridized carbons (Fsp3) is 0.818. The molecule has 1 aliphatic rings. The summed E-state index contributed by atoms with van der Waals surface area (Å²) in [5.41, 5.74) is -0.273. The zero-order valence-electron chi connectivity index (χ0n) is 9.49. The molecule has 0 aromatic carbocycles. The Morgan fingerprint density at radius 2 is 2.07 bits per heavy atom. The Morgan fingerprint density at radius 1 is 1.47 bits per heavy atom. The third-order valence-electron chi connectivity index (χ3n) is 4.02. The van der Waals surface area contributed by atoms with Gasteiger partial charge in [-0.3, -0.25) is 9.59 Å². The van der Waals surface area contributed by atoms with Crippen LogP contribution >= 0.6 is 0 Å². The Balaban J connectivity index is 2.82. The number of amides is 1. The summed E-state index contributed by atoms with van der Waals surface area (Å²) in [6.45, 7) is 5.94. The molecule has 1 fully saturated rings. The van der Waals surface area contributed by atoms with Gasteiger partial charge in [-0.1, -0.05) is 20.8 Å². The first-order valence-electron chi connectivity index (χ1n) is 5.33. The topological polar surface area (TPSA) is 66.4 Å². The van der Waals surface area contributed by atoms with Crippen LogP contribution in [-0.4, -0.2) is 23.5 Å². The number of carbonyl (C=O) groups excluding carboxylic acids is 1. The van der Waals surface area contributed by atoms with Crippen molar-refractivity contribution in [2.45, 2.75) is 39.7 Å². The maximum absolute atomic E-state index is 11.1. The van der Waals surface area contributed by atoms with E-state index in [2.05, 4.69) is 5.32 Å². The first-order valence-corrected chi connectivity index (χ1v) is 5.33. The summed E-state index contributed by atoms with van der Waals surface area (Å²) < 4.78 is 0. The summed E-state index contributed by atoms with van der Waals surface area (Å²) in [4.78, 5) is 21.5. The summed E-state index contributed by atoms with van der Waals surface area (Å²) in [7, 11) is 0. The molecule has 0 spiro atoms. The van der Waals surface area contributed by atoms with E-state index in [0.29, 0.717) is 12.8 Å². The molecular weight excluding hydrogens is 194 g/mol. The van der Waals surface area contributed by atoms with E-state index in [9.17, 15) is 9.59 Å². The average Bonchev–Trinajstić information content (AvgIpc) is 2.12. The third-order valence-corrected chi connectivity index (χ3v) is 4.02. The molecule has 3 unspecified atom stereocenters. The fourth-order valence-electron chi connectivity index (χ4n) is 2.56. The van der Waals surface area contributed by atoms with Gasteiger partial charge in [0.15, 0.2) is 0 Å². The van der Waals surface area contributed by atoms with Crippen LogP contribution in [0.2, 0.25) is 0 Å². The van der Waals surface area contributed by atoms with Gasteiger partial charge in [-0.25, -0.2) is 0 Å². The molecule has 0 aromatic heterocycles. The molecule has 1 amide bonds. The van der Waals surface area contributed by atoms with E-state index in [0.717, 1.165) is 6.42 Å². The third kappa shape index (κ3) is 2.13. The SMILES string of the molecule is CC1C(NC=O)CCC(C(=O)O)C1(C)C. The smallest absolute Gasteiger partial charge is 0.307 e. The van der Waals surface area contributed by atoms with Crippen LogP contribution in [0.25, 0.3) is 0 Å². The molecule has 4 heteroatoms. The van der Waals surface area contributed by atoms with E-state index in [-0.39, 0.29) is 23.3 Å². The standard InChI is InChI=1S/C11H19NO3/c1-7-9(12-6-13)5-4-8(10(14)15)11(7,2)3/h6-9H,4-5H2,1-3H3,(H,12,13)(H,14,15). The van der Waals surface area contributed by atoms with Crippen LogP contribution in [0.5, 0.6) is 0 Å². The van der Waals surface area contributed by atoms with E-state index in [1.165, 1.54) is 0 Å². The number of aliphatic carboxylic acids is 1. The zero-order valence-corrected chi connectivity index (χ0v) is 9.49. The number of rotatable bonds is 3. The van der Waals surface area contributed by atoms with Gasteiger partial charge >= 0.3 is 5.97 Å². The predicted octanol–water partition coefficient (Wildman–Crippen LogP) is 1.26. The van der Waals surface area contributed by atoms with Crippen molar-refractivity contribution < 1.29 is 14.7 Å². The van der Waals surface area contributed by atoms with Gasteiger partial charge < -0.3 is 10.4 Å². The highest BCUT2D eigenvalue weighted by molar-refractivity contribution is 5.71. The maximum atomic E-state index is 11.1. The van der Waals surface area contributed by atoms with E-state index >= 15 is 0 Å². The number of carboxylic acid groups (broad SMARTS) is 1. The van der Waals surface area contributed by atoms with Gasteiger partial charge in [-0.15, -0.1) is 0 Å². The molecule has 0 radical (unpaired) electrons. The normalized spacial score (nSPS) is 34.5. The first-order chi connectivity index (χ1) is 6.91. The summed E-state index contributed by atoms with van der Waals surface area (Å²) >= 11 is 0. The van der Waals surface area contributed by atoms with Crippen molar-refractivity contribution in [3.63, 3.8) is 0 Å². The number of carboxylic acids is 1. The van der Waals surface area contributed by atoms with Gasteiger partial charge in [-0.2, -0.15) is 0 Å². The number of carbonyl (C=O) groups is 2. The first kappa shape index (κ1) is 12.0. The Kier molecular flexibility index (Phi) is 3.37. The highest BCUT2D eigenvalue weighted by Crippen LogP contribution is 2.44. The second-order valence-electron chi connectivity index (χ2n) is 4.97. The predicted molar refractivity (Wildman–Crippen MR) is 56.3 cm³/mol. The van der Waals surface area contributed by atoms with Gasteiger partial charge in [0, 0.05) is 6.04 Å². The van der Waals surface area contributed by atoms with Crippen molar-refractivity contribution in [3.05, 3.63) is 0 Å². The van der Waals surface area contributed by atoms with Gasteiger partial charge in [0.05, 0.1) is 5.92 Å². The van der Waals surface area contributed by atoms with Crippen LogP contribution in [0.3, 0.4) is 0 Å². The second-order valence-corrected chi connectivity index (χ2v) is 4.97. The lowest BCUT2D eigenvalue weighted by Crippen LogP contribution is -2.50. The van der Waals surface area contributed by atoms with Gasteiger partial charge in [-0.05, 0) is 24.2 Å². The molecule has 0 saturated heterocycles. The maximum Gasteiger partial charge on any atom is 0.307 e. The van der Waals surface area contributed by atoms with Gasteiger partial charge in [0.1, 0.15) is 0 Å². The summed E-state index contributed by atoms with van der Waals surface area (Å²) in [5, 5.41) is 11.9. The molecule has 86 valence electrons. The van der Waals surface area contributed by atoms with Crippen molar-refractivity contribution in [1.29, 1.82) is 0 Å². The summed E-state index contributed by atoms with van der Waals surface area (Å²) in [5.74, 6) is -0.855. The van der Waals surface area contributed by atoms with Crippen LogP contribution in [0.15, 0.2) is 0 Å². The highest BCUT2D eigenvalue weighted by atomic mass is 16.4. The van der Waals surface area contributed by atoms with Crippen LogP contribution in [0.1, 0.15) is 33.6 Å². The Bertz CT molecular complexity index is 263. The van der Waals surface area contributed by atoms with Gasteiger partial charge in [0.2, 0.25) is 6.41 Å². The van der Waals surface area contributed by atoms with E-state index in [1.54, 1.807) is 0 Å². The molecule has 0 aliphatic heterocycles. The van der Waals surface area contributed by atoms with Gasteiger partial charge in [0.25, 0.3) is 0 Å². The van der Waals surface area contributed by atoms with Crippen LogP contribution in [0.4, 0.5) is 0 Å². The Labute approximate surface area is 90.0 Å². The molecule has 2 N–H and O–H groups in total. The van der Waals surface area contributed by atoms with Crippen LogP contribution in [-0.2, 0) is 9.59 Å². The lowest BCUT2D eigenvalue weighted by molar-refractivity contribution is -0.150. The molecule has 1 rings (SSSR count). The Hall–Kier alpha value is -1.06. The number of hydrogen-bond donors (Lipinski definition) is 2. The fourth-order valence-corrected chi connectivity index (χ4v) is 2.56. The molecule has 0 bridgehead atoms. The zero-order chi connectivity index (χ0) is 11.6. The summed E-state index contributed by atoms with van der Waals surface area (Å²) in [6, 6.07) is 0.105.